The first kappa shape index (κ1) is 55.7. The Labute approximate surface area is 439 Å². The molecule has 0 bridgehead atoms. The fraction of sp³-hybridized carbons (Fsp3) is 0.333. The fourth-order valence-electron chi connectivity index (χ4n) is 8.90. The molecule has 6 N–H and O–H groups in total. The molecule has 2 heterocycles. The average Bonchev–Trinajstić information content (AvgIpc) is 3.50. The maximum absolute atomic E-state index is 12.5. The number of halogens is 1. The number of anilines is 2. The Hall–Kier alpha value is -2.20. The molecule has 2 aliphatic rings. The van der Waals surface area contributed by atoms with E-state index >= 15 is 0 Å². The van der Waals surface area contributed by atoms with E-state index < -0.39 is 109 Å². The second-order valence-corrected chi connectivity index (χ2v) is 26.4. The number of nitrogens with zero attached hydrogens (tertiary/aromatic N) is 2. The van der Waals surface area contributed by atoms with Crippen molar-refractivity contribution in [2.45, 2.75) is 77.0 Å². The second kappa shape index (κ2) is 19.1. The van der Waals surface area contributed by atoms with Gasteiger partial charge >= 0.3 is 51.4 Å². The molecule has 0 amide bonds. The van der Waals surface area contributed by atoms with Crippen molar-refractivity contribution in [3.8, 4) is 0 Å². The summed E-state index contributed by atoms with van der Waals surface area (Å²) in [6, 6.07) is 8.26. The Balaban J connectivity index is 0.00000840. The second-order valence-electron chi connectivity index (χ2n) is 16.7. The van der Waals surface area contributed by atoms with Crippen molar-refractivity contribution in [2.24, 2.45) is 0 Å². The van der Waals surface area contributed by atoms with Crippen LogP contribution in [0.4, 0.5) is 11.4 Å². The quantitative estimate of drug-likeness (QED) is 0.0525. The van der Waals surface area contributed by atoms with Crippen LogP contribution in [0.3, 0.4) is 0 Å². The molecule has 0 spiro atoms. The van der Waals surface area contributed by atoms with Crippen LogP contribution < -0.4 is 9.80 Å². The van der Waals surface area contributed by atoms with Crippen LogP contribution in [-0.2, 0) is 71.5 Å². The topological polar surface area (TPSA) is 333 Å². The first-order chi connectivity index (χ1) is 29.9. The molecular formula is C39H44BrKN2O18S6. The normalized spacial score (nSPS) is 18.5. The Bertz CT molecular complexity index is 3520. The number of hydrogen-bond donors (Lipinski definition) is 6. The van der Waals surface area contributed by atoms with E-state index in [0.717, 1.165) is 12.1 Å². The third kappa shape index (κ3) is 11.8. The van der Waals surface area contributed by atoms with Gasteiger partial charge in [-0.1, -0.05) is 61.8 Å². The summed E-state index contributed by atoms with van der Waals surface area (Å²) in [7, 11) is -29.0. The fourth-order valence-corrected chi connectivity index (χ4v) is 12.8. The first-order valence-electron chi connectivity index (χ1n) is 19.3. The van der Waals surface area contributed by atoms with E-state index in [9.17, 15) is 77.8 Å². The Morgan fingerprint density at radius 1 is 0.612 bits per heavy atom. The van der Waals surface area contributed by atoms with E-state index in [-0.39, 0.29) is 98.9 Å². The third-order valence-corrected chi connectivity index (χ3v) is 17.1. The number of hydrogen-bond acceptors (Lipinski definition) is 14. The standard InChI is InChI=1S/C39H43BrN2O18S6.K.H/c1-38(2)34(41(15-5-17-61(43,44)45)30-11-9-26-28(36(30)38)19-24(63(49,50)51)21-32(26)65(55,56)57)13-7-23(40)8-14-35-39(3,4)37-29-20-25(64(52,53)54)22-33(66(58,59)60)27(29)10-12-31(37)42(35)16-6-18-62(46,47)48;;/h7-14,19-22,34H,5-6,15-18H2,1-4H3,(H,43,44,45)(H,46,47,48)(H,49,50,51)(H,52,53,54)(H,55,56,57)(H,58,59,60);;/b13-7+,23-8-,35-14-;;. The molecule has 6 rings (SSSR count). The molecule has 4 aromatic rings. The van der Waals surface area contributed by atoms with Crippen molar-refractivity contribution in [1.82, 2.24) is 0 Å². The van der Waals surface area contributed by atoms with E-state index in [1.807, 2.05) is 0 Å². The molecule has 0 saturated carbocycles. The predicted octanol–water partition coefficient (Wildman–Crippen LogP) is 4.87. The van der Waals surface area contributed by atoms with E-state index in [0.29, 0.717) is 44.8 Å². The summed E-state index contributed by atoms with van der Waals surface area (Å²) in [6.45, 7) is 6.84. The molecule has 20 nitrogen and oxygen atoms in total. The van der Waals surface area contributed by atoms with Gasteiger partial charge in [0.2, 0.25) is 0 Å². The summed E-state index contributed by atoms with van der Waals surface area (Å²) in [5.41, 5.74) is -0.307. The predicted molar refractivity (Wildman–Crippen MR) is 255 cm³/mol. The summed E-state index contributed by atoms with van der Waals surface area (Å²) < 4.78 is 206. The number of allylic oxidation sites excluding steroid dienone is 5. The monoisotopic (exact) mass is 1140 g/mol. The molecule has 67 heavy (non-hydrogen) atoms. The molecule has 0 radical (unpaired) electrons. The van der Waals surface area contributed by atoms with E-state index in [4.69, 9.17) is 0 Å². The van der Waals surface area contributed by atoms with Gasteiger partial charge in [0.05, 0.1) is 27.3 Å². The van der Waals surface area contributed by atoms with Crippen molar-refractivity contribution in [3.63, 3.8) is 0 Å². The number of benzene rings is 4. The molecule has 0 aromatic heterocycles. The van der Waals surface area contributed by atoms with Crippen molar-refractivity contribution < 1.29 is 77.8 Å². The minimum absolute atomic E-state index is 0. The molecule has 0 aliphatic carbocycles. The molecule has 2 aliphatic heterocycles. The van der Waals surface area contributed by atoms with Gasteiger partial charge in [0.25, 0.3) is 60.7 Å². The van der Waals surface area contributed by atoms with Crippen molar-refractivity contribution in [3.05, 3.63) is 94.1 Å². The van der Waals surface area contributed by atoms with Crippen LogP contribution >= 0.6 is 15.9 Å². The van der Waals surface area contributed by atoms with Crippen LogP contribution in [0.15, 0.2) is 103 Å². The summed E-state index contributed by atoms with van der Waals surface area (Å²) in [5, 5.41) is -0.117. The molecule has 0 saturated heterocycles. The van der Waals surface area contributed by atoms with Gasteiger partial charge in [-0.05, 0) is 89.4 Å². The molecule has 4 aromatic carbocycles. The van der Waals surface area contributed by atoms with Crippen molar-refractivity contribution in [1.29, 1.82) is 0 Å². The number of rotatable bonds is 15. The summed E-state index contributed by atoms with van der Waals surface area (Å²) in [5.74, 6) is -1.28. The Kier molecular flexibility index (Phi) is 15.9. The van der Waals surface area contributed by atoms with Crippen LogP contribution in [0.5, 0.6) is 0 Å². The molecular weight excluding hydrogens is 1100 g/mol. The van der Waals surface area contributed by atoms with Crippen LogP contribution in [0.1, 0.15) is 51.7 Å². The van der Waals surface area contributed by atoms with Crippen LogP contribution in [0.2, 0.25) is 0 Å². The summed E-state index contributed by atoms with van der Waals surface area (Å²) in [4.78, 5) is 0.180. The third-order valence-electron chi connectivity index (χ3n) is 11.5. The van der Waals surface area contributed by atoms with E-state index in [1.54, 1.807) is 61.8 Å². The van der Waals surface area contributed by atoms with Crippen molar-refractivity contribution in [2.75, 3.05) is 34.4 Å². The molecule has 0 fully saturated rings. The number of fused-ring (bicyclic) bond motifs is 6. The zero-order valence-corrected chi connectivity index (χ0v) is 41.5. The van der Waals surface area contributed by atoms with Gasteiger partial charge in [-0.25, -0.2) is 0 Å². The molecule has 362 valence electrons. The van der Waals surface area contributed by atoms with Gasteiger partial charge in [-0.2, -0.15) is 50.5 Å². The van der Waals surface area contributed by atoms with Gasteiger partial charge in [-0.3, -0.25) is 27.3 Å². The summed E-state index contributed by atoms with van der Waals surface area (Å²) in [6.07, 6.45) is 6.32. The Morgan fingerprint density at radius 3 is 1.51 bits per heavy atom. The zero-order valence-electron chi connectivity index (χ0n) is 35.1. The van der Waals surface area contributed by atoms with E-state index in [1.165, 1.54) is 24.3 Å². The van der Waals surface area contributed by atoms with Crippen molar-refractivity contribution >= 4 is 161 Å². The average molecular weight is 1140 g/mol. The van der Waals surface area contributed by atoms with Gasteiger partial charge in [-0.15, -0.1) is 0 Å². The Morgan fingerprint density at radius 2 is 1.06 bits per heavy atom. The minimum atomic E-state index is -5.06. The molecule has 1 atom stereocenters. The molecule has 1 unspecified atom stereocenters. The van der Waals surface area contributed by atoms with E-state index in [2.05, 4.69) is 15.9 Å². The van der Waals surface area contributed by atoms with Gasteiger partial charge in [0.1, 0.15) is 9.79 Å². The van der Waals surface area contributed by atoms with Gasteiger partial charge < -0.3 is 9.80 Å². The zero-order chi connectivity index (χ0) is 49.5. The SMILES string of the molecule is CC1(C)/C(=C/C=C(Br)/C=C/C2N(CCCS(=O)(=O)O)c3ccc4c(S(=O)(=O)O)cc(S(=O)(=O)O)cc4c3C2(C)C)N(CCCS(=O)(=O)O)c2ccc3c(S(=O)(=O)O)cc(S(=O)(=O)O)cc3c21.[KH]. The van der Waals surface area contributed by atoms with Crippen LogP contribution in [-0.4, -0.2) is 160 Å². The molecule has 28 heteroatoms. The van der Waals surface area contributed by atoms with Crippen LogP contribution in [0, 0.1) is 0 Å². The summed E-state index contributed by atoms with van der Waals surface area (Å²) >= 11 is 3.53. The van der Waals surface area contributed by atoms with Gasteiger partial charge in [0.15, 0.2) is 0 Å². The maximum atomic E-state index is 12.5. The first-order valence-corrected chi connectivity index (χ1v) is 29.0. The van der Waals surface area contributed by atoms with Gasteiger partial charge in [0, 0.05) is 56.2 Å². The van der Waals surface area contributed by atoms with Crippen LogP contribution in [0.25, 0.3) is 21.5 Å².